The average molecular weight is 244 g/mol. The van der Waals surface area contributed by atoms with Gasteiger partial charge >= 0.3 is 6.03 Å². The lowest BCUT2D eigenvalue weighted by Crippen LogP contribution is -2.40. The molecule has 0 aliphatic rings. The number of amides is 2. The van der Waals surface area contributed by atoms with Crippen LogP contribution < -0.4 is 5.32 Å². The molecule has 0 spiro atoms. The van der Waals surface area contributed by atoms with E-state index in [0.29, 0.717) is 6.07 Å². The number of nitrogens with zero attached hydrogens (tertiary/aromatic N) is 1. The Kier molecular flexibility index (Phi) is 4.39. The molecule has 0 fully saturated rings. The van der Waals surface area contributed by atoms with Crippen LogP contribution in [0.4, 0.5) is 19.3 Å². The molecule has 1 rings (SSSR count). The van der Waals surface area contributed by atoms with Crippen molar-refractivity contribution in [2.75, 3.05) is 19.0 Å². The summed E-state index contributed by atoms with van der Waals surface area (Å²) < 4.78 is 25.9. The van der Waals surface area contributed by atoms with E-state index in [0.717, 1.165) is 12.1 Å². The van der Waals surface area contributed by atoms with E-state index in [4.69, 9.17) is 5.11 Å². The Morgan fingerprint density at radius 1 is 1.53 bits per heavy atom. The first kappa shape index (κ1) is 13.4. The standard InChI is InChI=1S/C11H14F2N2O2/c1-7(6-16)15(2)11(17)14-10-4-3-8(12)5-9(10)13/h3-5,7,16H,6H2,1-2H3,(H,14,17). The second-order valence-electron chi connectivity index (χ2n) is 3.70. The Hall–Kier alpha value is -1.69. The molecule has 6 heteroatoms. The van der Waals surface area contributed by atoms with E-state index < -0.39 is 23.7 Å². The van der Waals surface area contributed by atoms with Crippen molar-refractivity contribution in [3.8, 4) is 0 Å². The van der Waals surface area contributed by atoms with Crippen molar-refractivity contribution in [3.05, 3.63) is 29.8 Å². The molecule has 2 amide bonds. The SMILES string of the molecule is CC(CO)N(C)C(=O)Nc1ccc(F)cc1F. The molecule has 1 unspecified atom stereocenters. The molecule has 0 bridgehead atoms. The molecular formula is C11H14F2N2O2. The number of benzene rings is 1. The smallest absolute Gasteiger partial charge is 0.321 e. The maximum absolute atomic E-state index is 13.2. The second-order valence-corrected chi connectivity index (χ2v) is 3.70. The van der Waals surface area contributed by atoms with Gasteiger partial charge in [0.15, 0.2) is 0 Å². The van der Waals surface area contributed by atoms with E-state index in [1.54, 1.807) is 6.92 Å². The molecule has 0 aromatic heterocycles. The number of hydrogen-bond acceptors (Lipinski definition) is 2. The number of aliphatic hydroxyl groups excluding tert-OH is 1. The number of carbonyl (C=O) groups is 1. The summed E-state index contributed by atoms with van der Waals surface area (Å²) >= 11 is 0. The molecule has 94 valence electrons. The fourth-order valence-electron chi connectivity index (χ4n) is 1.12. The zero-order valence-corrected chi connectivity index (χ0v) is 9.58. The third-order valence-corrected chi connectivity index (χ3v) is 2.42. The van der Waals surface area contributed by atoms with E-state index in [9.17, 15) is 13.6 Å². The molecule has 0 radical (unpaired) electrons. The zero-order valence-electron chi connectivity index (χ0n) is 9.58. The lowest BCUT2D eigenvalue weighted by atomic mass is 10.3. The maximum atomic E-state index is 13.2. The minimum atomic E-state index is -0.844. The summed E-state index contributed by atoms with van der Waals surface area (Å²) in [6, 6.07) is 1.91. The summed E-state index contributed by atoms with van der Waals surface area (Å²) in [6.45, 7) is 1.44. The van der Waals surface area contributed by atoms with E-state index in [-0.39, 0.29) is 12.3 Å². The van der Waals surface area contributed by atoms with Gasteiger partial charge in [0.2, 0.25) is 0 Å². The van der Waals surface area contributed by atoms with Crippen molar-refractivity contribution in [2.24, 2.45) is 0 Å². The summed E-state index contributed by atoms with van der Waals surface area (Å²) in [7, 11) is 1.47. The van der Waals surface area contributed by atoms with Crippen molar-refractivity contribution in [3.63, 3.8) is 0 Å². The van der Waals surface area contributed by atoms with Crippen molar-refractivity contribution < 1.29 is 18.7 Å². The Balaban J connectivity index is 2.74. The number of anilines is 1. The van der Waals surface area contributed by atoms with Gasteiger partial charge in [-0.1, -0.05) is 0 Å². The number of nitrogens with one attached hydrogen (secondary N) is 1. The lowest BCUT2D eigenvalue weighted by Gasteiger charge is -2.23. The van der Waals surface area contributed by atoms with Gasteiger partial charge in [-0.25, -0.2) is 13.6 Å². The van der Waals surface area contributed by atoms with Gasteiger partial charge in [-0.3, -0.25) is 0 Å². The van der Waals surface area contributed by atoms with Crippen LogP contribution in [0.5, 0.6) is 0 Å². The van der Waals surface area contributed by atoms with Crippen LogP contribution >= 0.6 is 0 Å². The number of carbonyl (C=O) groups excluding carboxylic acids is 1. The fourth-order valence-corrected chi connectivity index (χ4v) is 1.12. The number of likely N-dealkylation sites (N-methyl/N-ethyl adjacent to an activating group) is 1. The van der Waals surface area contributed by atoms with E-state index in [1.165, 1.54) is 11.9 Å². The van der Waals surface area contributed by atoms with Crippen LogP contribution in [0.15, 0.2) is 18.2 Å². The van der Waals surface area contributed by atoms with Gasteiger partial charge < -0.3 is 15.3 Å². The molecular weight excluding hydrogens is 230 g/mol. The van der Waals surface area contributed by atoms with Gasteiger partial charge in [0.1, 0.15) is 11.6 Å². The molecule has 0 saturated carbocycles. The number of aliphatic hydroxyl groups is 1. The normalized spacial score (nSPS) is 12.1. The third kappa shape index (κ3) is 3.39. The summed E-state index contributed by atoms with van der Waals surface area (Å²) in [5.74, 6) is -1.55. The number of halogens is 2. The Labute approximate surface area is 97.9 Å². The molecule has 2 N–H and O–H groups in total. The van der Waals surface area contributed by atoms with E-state index >= 15 is 0 Å². The highest BCUT2D eigenvalue weighted by Gasteiger charge is 2.16. The molecule has 0 aliphatic heterocycles. The van der Waals surface area contributed by atoms with Crippen LogP contribution in [-0.4, -0.2) is 35.7 Å². The molecule has 4 nitrogen and oxygen atoms in total. The predicted molar refractivity (Wildman–Crippen MR) is 59.7 cm³/mol. The molecule has 0 heterocycles. The quantitative estimate of drug-likeness (QED) is 0.852. The molecule has 0 aliphatic carbocycles. The van der Waals surface area contributed by atoms with Gasteiger partial charge in [-0.05, 0) is 19.1 Å². The van der Waals surface area contributed by atoms with Gasteiger partial charge in [-0.15, -0.1) is 0 Å². The van der Waals surface area contributed by atoms with Gasteiger partial charge in [0.25, 0.3) is 0 Å². The third-order valence-electron chi connectivity index (χ3n) is 2.42. The molecule has 1 atom stereocenters. The lowest BCUT2D eigenvalue weighted by molar-refractivity contribution is 0.166. The van der Waals surface area contributed by atoms with Crippen LogP contribution in [0.3, 0.4) is 0 Å². The molecule has 0 saturated heterocycles. The largest absolute Gasteiger partial charge is 0.394 e. The summed E-state index contributed by atoms with van der Waals surface area (Å²) in [4.78, 5) is 12.8. The summed E-state index contributed by atoms with van der Waals surface area (Å²) in [5.41, 5.74) is -0.103. The van der Waals surface area contributed by atoms with E-state index in [2.05, 4.69) is 5.32 Å². The van der Waals surface area contributed by atoms with Gasteiger partial charge in [0.05, 0.1) is 18.3 Å². The van der Waals surface area contributed by atoms with Crippen molar-refractivity contribution in [1.29, 1.82) is 0 Å². The molecule has 1 aromatic carbocycles. The van der Waals surface area contributed by atoms with Crippen molar-refractivity contribution >= 4 is 11.7 Å². The first-order valence-electron chi connectivity index (χ1n) is 5.05. The maximum Gasteiger partial charge on any atom is 0.321 e. The Morgan fingerprint density at radius 2 is 2.18 bits per heavy atom. The number of rotatable bonds is 3. The first-order valence-corrected chi connectivity index (χ1v) is 5.05. The minimum absolute atomic E-state index is 0.103. The second kappa shape index (κ2) is 5.58. The van der Waals surface area contributed by atoms with Gasteiger partial charge in [-0.2, -0.15) is 0 Å². The van der Waals surface area contributed by atoms with Crippen molar-refractivity contribution in [1.82, 2.24) is 4.90 Å². The van der Waals surface area contributed by atoms with Crippen LogP contribution in [0.25, 0.3) is 0 Å². The van der Waals surface area contributed by atoms with Crippen LogP contribution in [0.2, 0.25) is 0 Å². The minimum Gasteiger partial charge on any atom is -0.394 e. The number of hydrogen-bond donors (Lipinski definition) is 2. The molecule has 1 aromatic rings. The monoisotopic (exact) mass is 244 g/mol. The highest BCUT2D eigenvalue weighted by molar-refractivity contribution is 5.89. The van der Waals surface area contributed by atoms with Crippen LogP contribution in [0.1, 0.15) is 6.92 Å². The highest BCUT2D eigenvalue weighted by Crippen LogP contribution is 2.15. The van der Waals surface area contributed by atoms with Crippen LogP contribution in [-0.2, 0) is 0 Å². The highest BCUT2D eigenvalue weighted by atomic mass is 19.1. The fraction of sp³-hybridized carbons (Fsp3) is 0.364. The Morgan fingerprint density at radius 3 is 2.71 bits per heavy atom. The van der Waals surface area contributed by atoms with E-state index in [1.807, 2.05) is 0 Å². The predicted octanol–water partition coefficient (Wildman–Crippen LogP) is 1.81. The molecule has 17 heavy (non-hydrogen) atoms. The summed E-state index contributed by atoms with van der Waals surface area (Å²) in [6.07, 6.45) is 0. The number of urea groups is 1. The first-order chi connectivity index (χ1) is 7.95. The van der Waals surface area contributed by atoms with Crippen LogP contribution in [0, 0.1) is 11.6 Å². The van der Waals surface area contributed by atoms with Crippen molar-refractivity contribution in [2.45, 2.75) is 13.0 Å². The zero-order chi connectivity index (χ0) is 13.0. The average Bonchev–Trinajstić information content (AvgIpc) is 2.30. The Bertz CT molecular complexity index is 412. The summed E-state index contributed by atoms with van der Waals surface area (Å²) in [5, 5.41) is 11.2. The topological polar surface area (TPSA) is 52.6 Å². The van der Waals surface area contributed by atoms with Gasteiger partial charge in [0, 0.05) is 13.1 Å².